The van der Waals surface area contributed by atoms with Gasteiger partial charge in [0.15, 0.2) is 6.10 Å². The van der Waals surface area contributed by atoms with Crippen LogP contribution in [0.4, 0.5) is 4.79 Å². The van der Waals surface area contributed by atoms with Crippen LogP contribution in [0.25, 0.3) is 44.8 Å². The van der Waals surface area contributed by atoms with Gasteiger partial charge in [-0.15, -0.1) is 0 Å². The molecule has 2 saturated heterocycles. The maximum absolute atomic E-state index is 13.5. The number of ether oxygens (including phenoxy) is 1. The zero-order valence-electron chi connectivity index (χ0n) is 31.6. The molecule has 0 spiro atoms. The predicted molar refractivity (Wildman–Crippen MR) is 205 cm³/mol. The summed E-state index contributed by atoms with van der Waals surface area (Å²) in [7, 11) is 1.47. The number of rotatable bonds is 10. The number of aromatic amines is 2. The Bertz CT molecular complexity index is 2210. The minimum atomic E-state index is -0.881. The first kappa shape index (κ1) is 37.2. The van der Waals surface area contributed by atoms with E-state index in [9.17, 15) is 19.2 Å². The molecular weight excluding hydrogens is 701 g/mol. The Hall–Kier alpha value is -6.12. The van der Waals surface area contributed by atoms with Crippen LogP contribution < -0.4 is 10.6 Å². The highest BCUT2D eigenvalue weighted by Crippen LogP contribution is 2.35. The summed E-state index contributed by atoms with van der Waals surface area (Å²) < 4.78 is 5.42. The number of hydrogen-bond acceptors (Lipinski definition) is 9. The summed E-state index contributed by atoms with van der Waals surface area (Å²) in [5.41, 5.74) is 6.61. The summed E-state index contributed by atoms with van der Waals surface area (Å²) in [4.78, 5) is 79.3. The molecule has 2 aliphatic rings. The average molecular weight is 747 g/mol. The first-order valence-electron chi connectivity index (χ1n) is 18.7. The van der Waals surface area contributed by atoms with Gasteiger partial charge >= 0.3 is 6.09 Å². The number of aromatic nitrogens is 6. The van der Waals surface area contributed by atoms with Crippen molar-refractivity contribution in [1.82, 2.24) is 50.3 Å². The van der Waals surface area contributed by atoms with Gasteiger partial charge in [-0.25, -0.2) is 19.7 Å². The first-order chi connectivity index (χ1) is 26.5. The van der Waals surface area contributed by atoms with E-state index in [-0.39, 0.29) is 35.7 Å². The molecule has 55 heavy (non-hydrogen) atoms. The molecule has 5 heterocycles. The molecule has 7 rings (SSSR count). The number of carbonyl (C=O) groups excluding carboxylic acids is 4. The number of likely N-dealkylation sites (tertiary alicyclic amines) is 2. The van der Waals surface area contributed by atoms with Crippen LogP contribution >= 0.6 is 0 Å². The number of nitrogens with one attached hydrogen (secondary N) is 4. The number of hydrogen-bond donors (Lipinski definition) is 4. The van der Waals surface area contributed by atoms with Crippen LogP contribution in [0.5, 0.6) is 0 Å². The predicted octanol–water partition coefficient (Wildman–Crippen LogP) is 5.31. The molecule has 3 aromatic heterocycles. The Morgan fingerprint density at radius 2 is 1.35 bits per heavy atom. The van der Waals surface area contributed by atoms with Gasteiger partial charge in [0.05, 0.1) is 58.8 Å². The monoisotopic (exact) mass is 746 g/mol. The van der Waals surface area contributed by atoms with Gasteiger partial charge < -0.3 is 35.1 Å². The summed E-state index contributed by atoms with van der Waals surface area (Å²) in [6.07, 6.45) is 7.05. The van der Waals surface area contributed by atoms with Gasteiger partial charge in [-0.05, 0) is 56.2 Å². The normalized spacial score (nSPS) is 18.1. The highest BCUT2D eigenvalue weighted by atomic mass is 16.6. The molecule has 0 aliphatic carbocycles. The number of nitrogens with zero attached hydrogens (tertiary/aromatic N) is 6. The van der Waals surface area contributed by atoms with Crippen LogP contribution in [0.15, 0.2) is 61.1 Å². The van der Waals surface area contributed by atoms with Crippen molar-refractivity contribution in [3.05, 3.63) is 72.7 Å². The van der Waals surface area contributed by atoms with Gasteiger partial charge in [0.25, 0.3) is 5.91 Å². The zero-order valence-corrected chi connectivity index (χ0v) is 31.6. The maximum Gasteiger partial charge on any atom is 0.407 e. The van der Waals surface area contributed by atoms with E-state index in [0.29, 0.717) is 24.7 Å². The standard InChI is InChI=1S/C40H46N10O5/c1-22(2)35(55-40(54)41-5)39(53)50-17-7-9-34(50)37-43-20-31(47-37)26-12-10-25(11-13-26)30-19-42-29-18-27(14-15-28(29)46-30)32-21-44-36(48-32)33-8-6-16-49(33)38(52)23(3)45-24(4)51/h10-15,18-23,33-35H,6-9,16-17H2,1-5H3,(H,41,54)(H,43,47)(H,44,48)(H,45,51)/t23-,33+,34+,35+/m1/s1. The molecule has 4 N–H and O–H groups in total. The Kier molecular flexibility index (Phi) is 10.6. The smallest absolute Gasteiger partial charge is 0.407 e. The lowest BCUT2D eigenvalue weighted by Crippen LogP contribution is -2.46. The fourth-order valence-electron chi connectivity index (χ4n) is 7.50. The van der Waals surface area contributed by atoms with E-state index in [4.69, 9.17) is 14.7 Å². The molecule has 2 aromatic carbocycles. The number of carbonyl (C=O) groups is 4. The Morgan fingerprint density at radius 3 is 1.95 bits per heavy atom. The van der Waals surface area contributed by atoms with E-state index in [0.717, 1.165) is 70.5 Å². The molecule has 4 amide bonds. The van der Waals surface area contributed by atoms with Gasteiger partial charge in [0.1, 0.15) is 17.7 Å². The van der Waals surface area contributed by atoms with Gasteiger partial charge in [0.2, 0.25) is 11.8 Å². The average Bonchev–Trinajstić information content (AvgIpc) is 4.02. The van der Waals surface area contributed by atoms with Crippen molar-refractivity contribution in [1.29, 1.82) is 0 Å². The van der Waals surface area contributed by atoms with Crippen LogP contribution in [0.3, 0.4) is 0 Å². The zero-order chi connectivity index (χ0) is 38.8. The van der Waals surface area contributed by atoms with Gasteiger partial charge in [0, 0.05) is 38.2 Å². The molecule has 2 aliphatic heterocycles. The van der Waals surface area contributed by atoms with E-state index >= 15 is 0 Å². The number of fused-ring (bicyclic) bond motifs is 1. The molecule has 4 atom stereocenters. The van der Waals surface area contributed by atoms with Crippen molar-refractivity contribution in [3.8, 4) is 33.8 Å². The fraction of sp³-hybridized carbons (Fsp3) is 0.400. The van der Waals surface area contributed by atoms with Crippen molar-refractivity contribution >= 4 is 34.8 Å². The molecule has 15 nitrogen and oxygen atoms in total. The second kappa shape index (κ2) is 15.7. The number of H-pyrrole nitrogens is 2. The molecule has 2 fully saturated rings. The molecular formula is C40H46N10O5. The second-order valence-corrected chi connectivity index (χ2v) is 14.5. The number of imidazole rings is 2. The Morgan fingerprint density at radius 1 is 0.764 bits per heavy atom. The largest absolute Gasteiger partial charge is 0.436 e. The lowest BCUT2D eigenvalue weighted by Gasteiger charge is -2.29. The Balaban J connectivity index is 1.03. The van der Waals surface area contributed by atoms with Crippen molar-refractivity contribution in [2.75, 3.05) is 20.1 Å². The molecule has 0 saturated carbocycles. The summed E-state index contributed by atoms with van der Waals surface area (Å²) in [5, 5.41) is 5.12. The van der Waals surface area contributed by atoms with Crippen LogP contribution in [-0.4, -0.2) is 95.8 Å². The van der Waals surface area contributed by atoms with Crippen molar-refractivity contribution in [2.24, 2.45) is 5.92 Å². The van der Waals surface area contributed by atoms with Gasteiger partial charge in [-0.2, -0.15) is 0 Å². The van der Waals surface area contributed by atoms with E-state index < -0.39 is 18.2 Å². The number of alkyl carbamates (subject to hydrolysis) is 1. The third-order valence-corrected chi connectivity index (χ3v) is 10.3. The lowest BCUT2D eigenvalue weighted by molar-refractivity contribution is -0.143. The highest BCUT2D eigenvalue weighted by Gasteiger charge is 2.39. The number of amides is 4. The van der Waals surface area contributed by atoms with Crippen LogP contribution in [-0.2, 0) is 19.1 Å². The minimum Gasteiger partial charge on any atom is -0.436 e. The third kappa shape index (κ3) is 7.77. The molecule has 0 bridgehead atoms. The Labute approximate surface area is 318 Å². The number of benzene rings is 2. The summed E-state index contributed by atoms with van der Waals surface area (Å²) in [5.74, 6) is 0.655. The summed E-state index contributed by atoms with van der Waals surface area (Å²) >= 11 is 0. The summed E-state index contributed by atoms with van der Waals surface area (Å²) in [6.45, 7) is 8.02. The van der Waals surface area contributed by atoms with Gasteiger partial charge in [-0.3, -0.25) is 19.4 Å². The van der Waals surface area contributed by atoms with Crippen LogP contribution in [0.1, 0.15) is 77.1 Å². The molecule has 0 unspecified atom stereocenters. The quantitative estimate of drug-likeness (QED) is 0.147. The second-order valence-electron chi connectivity index (χ2n) is 14.5. The van der Waals surface area contributed by atoms with E-state index in [1.165, 1.54) is 14.0 Å². The fourth-order valence-corrected chi connectivity index (χ4v) is 7.50. The molecule has 0 radical (unpaired) electrons. The van der Waals surface area contributed by atoms with E-state index in [1.54, 1.807) is 35.3 Å². The topological polar surface area (TPSA) is 191 Å². The minimum absolute atomic E-state index is 0.119. The van der Waals surface area contributed by atoms with E-state index in [1.807, 2.05) is 56.3 Å². The van der Waals surface area contributed by atoms with Crippen molar-refractivity contribution < 1.29 is 23.9 Å². The first-order valence-corrected chi connectivity index (χ1v) is 18.7. The van der Waals surface area contributed by atoms with Crippen molar-refractivity contribution in [3.63, 3.8) is 0 Å². The SMILES string of the molecule is CNC(=O)O[C@H](C(=O)N1CCC[C@H]1c1ncc(-c2ccc(-c3cnc4cc(-c5cnc([C@@H]6CCCN6C(=O)[C@@H](C)NC(C)=O)[nH]5)ccc4n3)cc2)[nH]1)C(C)C. The molecule has 15 heteroatoms. The molecule has 286 valence electrons. The van der Waals surface area contributed by atoms with Crippen LogP contribution in [0, 0.1) is 5.92 Å². The van der Waals surface area contributed by atoms with Gasteiger partial charge in [-0.1, -0.05) is 44.2 Å². The lowest BCUT2D eigenvalue weighted by atomic mass is 10.1. The summed E-state index contributed by atoms with van der Waals surface area (Å²) in [6, 6.07) is 12.9. The third-order valence-electron chi connectivity index (χ3n) is 10.3. The van der Waals surface area contributed by atoms with E-state index in [2.05, 4.69) is 30.6 Å². The maximum atomic E-state index is 13.5. The highest BCUT2D eigenvalue weighted by molar-refractivity contribution is 5.87. The van der Waals surface area contributed by atoms with Crippen molar-refractivity contribution in [2.45, 2.75) is 77.6 Å². The van der Waals surface area contributed by atoms with Crippen LogP contribution in [0.2, 0.25) is 0 Å². The molecule has 5 aromatic rings.